The Balaban J connectivity index is 2.96. The van der Waals surface area contributed by atoms with E-state index in [-0.39, 0.29) is 11.5 Å². The summed E-state index contributed by atoms with van der Waals surface area (Å²) in [6, 6.07) is 0.715. The zero-order chi connectivity index (χ0) is 15.9. The van der Waals surface area contributed by atoms with Gasteiger partial charge in [0.1, 0.15) is 5.84 Å². The molecule has 1 aliphatic heterocycles. The third-order valence-electron chi connectivity index (χ3n) is 4.09. The summed E-state index contributed by atoms with van der Waals surface area (Å²) in [4.78, 5) is 7.56. The second-order valence-electron chi connectivity index (χ2n) is 7.09. The van der Waals surface area contributed by atoms with Crippen LogP contribution < -0.4 is 0 Å². The summed E-state index contributed by atoms with van der Waals surface area (Å²) in [5.41, 5.74) is 0.0593. The summed E-state index contributed by atoms with van der Waals surface area (Å²) in [5, 5.41) is 0. The smallest absolute Gasteiger partial charge is 0.105 e. The van der Waals surface area contributed by atoms with Gasteiger partial charge in [0.15, 0.2) is 0 Å². The molecule has 122 valence electrons. The molecule has 0 amide bonds. The molecule has 1 unspecified atom stereocenters. The highest BCUT2D eigenvalue weighted by Gasteiger charge is 2.33. The minimum Gasteiger partial charge on any atom is -0.383 e. The number of methoxy groups -OCH3 is 1. The molecule has 0 radical (unpaired) electrons. The Labute approximate surface area is 131 Å². The van der Waals surface area contributed by atoms with Crippen molar-refractivity contribution in [2.24, 2.45) is 10.4 Å². The van der Waals surface area contributed by atoms with Gasteiger partial charge in [0.2, 0.25) is 0 Å². The van der Waals surface area contributed by atoms with Crippen LogP contribution >= 0.6 is 0 Å². The van der Waals surface area contributed by atoms with E-state index in [1.54, 1.807) is 7.11 Å². The Hall–Kier alpha value is -0.830. The summed E-state index contributed by atoms with van der Waals surface area (Å²) in [7, 11) is 1.79. The van der Waals surface area contributed by atoms with Crippen molar-refractivity contribution in [3.8, 4) is 0 Å². The topological polar surface area (TPSA) is 24.8 Å². The van der Waals surface area contributed by atoms with Gasteiger partial charge in [0.05, 0.1) is 18.7 Å². The van der Waals surface area contributed by atoms with Crippen LogP contribution in [0, 0.1) is 5.41 Å². The number of rotatable bonds is 7. The quantitative estimate of drug-likeness (QED) is 0.397. The van der Waals surface area contributed by atoms with Crippen molar-refractivity contribution in [3.05, 3.63) is 12.7 Å². The molecule has 1 heterocycles. The molecule has 0 aromatic carbocycles. The first-order chi connectivity index (χ1) is 9.93. The van der Waals surface area contributed by atoms with E-state index in [1.165, 1.54) is 31.5 Å². The van der Waals surface area contributed by atoms with Gasteiger partial charge in [-0.25, -0.2) is 0 Å². The Morgan fingerprint density at radius 2 is 2.19 bits per heavy atom. The number of hydrogen-bond acceptors (Lipinski definition) is 2. The number of ether oxygens (including phenoxy) is 1. The zero-order valence-electron chi connectivity index (χ0n) is 14.7. The van der Waals surface area contributed by atoms with E-state index in [0.717, 1.165) is 19.6 Å². The molecule has 0 bridgehead atoms. The molecule has 0 aromatic heterocycles. The average molecular weight is 294 g/mol. The van der Waals surface area contributed by atoms with E-state index in [0.29, 0.717) is 6.04 Å². The van der Waals surface area contributed by atoms with E-state index >= 15 is 0 Å². The third kappa shape index (κ3) is 5.46. The van der Waals surface area contributed by atoms with Gasteiger partial charge >= 0.3 is 0 Å². The van der Waals surface area contributed by atoms with Gasteiger partial charge in [-0.05, 0) is 19.3 Å². The van der Waals surface area contributed by atoms with Crippen LogP contribution in [-0.4, -0.2) is 43.1 Å². The number of amidine groups is 1. The highest BCUT2D eigenvalue weighted by atomic mass is 16.5. The Bertz CT molecular complexity index is 344. The van der Waals surface area contributed by atoms with E-state index in [1.807, 2.05) is 6.08 Å². The van der Waals surface area contributed by atoms with Crippen LogP contribution in [0.5, 0.6) is 0 Å². The molecule has 0 aromatic rings. The van der Waals surface area contributed by atoms with Crippen molar-refractivity contribution in [2.75, 3.05) is 20.3 Å². The SMILES string of the molecule is C=CC(CCCC)N=C(N1CCC[C@H]1COC)C(C)(C)C. The lowest BCUT2D eigenvalue weighted by molar-refractivity contribution is 0.141. The fourth-order valence-corrected chi connectivity index (χ4v) is 2.98. The number of aliphatic imine (C=N–C) groups is 1. The maximum atomic E-state index is 5.40. The van der Waals surface area contributed by atoms with Crippen LogP contribution in [0.4, 0.5) is 0 Å². The van der Waals surface area contributed by atoms with Gasteiger partial charge in [-0.15, -0.1) is 6.58 Å². The highest BCUT2D eigenvalue weighted by molar-refractivity contribution is 5.88. The summed E-state index contributed by atoms with van der Waals surface area (Å²) in [5.74, 6) is 1.23. The molecule has 1 aliphatic rings. The number of nitrogens with zero attached hydrogens (tertiary/aromatic N) is 2. The molecule has 2 atom stereocenters. The van der Waals surface area contributed by atoms with Crippen LogP contribution in [0.2, 0.25) is 0 Å². The van der Waals surface area contributed by atoms with Gasteiger partial charge < -0.3 is 9.64 Å². The van der Waals surface area contributed by atoms with Crippen molar-refractivity contribution in [1.29, 1.82) is 0 Å². The molecule has 0 spiro atoms. The Morgan fingerprint density at radius 1 is 1.48 bits per heavy atom. The van der Waals surface area contributed by atoms with Gasteiger partial charge in [0, 0.05) is 19.1 Å². The molecular weight excluding hydrogens is 260 g/mol. The van der Waals surface area contributed by atoms with E-state index in [2.05, 4.69) is 39.2 Å². The molecule has 1 saturated heterocycles. The molecule has 3 heteroatoms. The molecule has 0 saturated carbocycles. The number of unbranched alkanes of at least 4 members (excludes halogenated alkanes) is 1. The van der Waals surface area contributed by atoms with Crippen molar-refractivity contribution in [2.45, 2.75) is 71.9 Å². The summed E-state index contributed by atoms with van der Waals surface area (Å²) >= 11 is 0. The van der Waals surface area contributed by atoms with Gasteiger partial charge in [0.25, 0.3) is 0 Å². The lowest BCUT2D eigenvalue weighted by atomic mass is 9.93. The maximum absolute atomic E-state index is 5.40. The molecule has 21 heavy (non-hydrogen) atoms. The molecule has 3 nitrogen and oxygen atoms in total. The predicted octanol–water partition coefficient (Wildman–Crippen LogP) is 4.29. The lowest BCUT2D eigenvalue weighted by Gasteiger charge is -2.35. The number of hydrogen-bond donors (Lipinski definition) is 0. The van der Waals surface area contributed by atoms with Crippen molar-refractivity contribution in [1.82, 2.24) is 4.90 Å². The predicted molar refractivity (Wildman–Crippen MR) is 92.0 cm³/mol. The Morgan fingerprint density at radius 3 is 2.71 bits per heavy atom. The first-order valence-electron chi connectivity index (χ1n) is 8.40. The second-order valence-corrected chi connectivity index (χ2v) is 7.09. The molecule has 1 fully saturated rings. The summed E-state index contributed by atoms with van der Waals surface area (Å²) in [6.45, 7) is 14.9. The fraction of sp³-hybridized carbons (Fsp3) is 0.833. The summed E-state index contributed by atoms with van der Waals surface area (Å²) < 4.78 is 5.40. The van der Waals surface area contributed by atoms with Crippen LogP contribution in [0.3, 0.4) is 0 Å². The molecule has 1 rings (SSSR count). The monoisotopic (exact) mass is 294 g/mol. The minimum absolute atomic E-state index is 0.0593. The van der Waals surface area contributed by atoms with Gasteiger partial charge in [-0.2, -0.15) is 0 Å². The van der Waals surface area contributed by atoms with E-state index in [4.69, 9.17) is 9.73 Å². The number of likely N-dealkylation sites (tertiary alicyclic amines) is 1. The highest BCUT2D eigenvalue weighted by Crippen LogP contribution is 2.28. The third-order valence-corrected chi connectivity index (χ3v) is 4.09. The Kier molecular flexibility index (Phi) is 7.44. The normalized spacial score (nSPS) is 21.7. The van der Waals surface area contributed by atoms with Crippen LogP contribution in [0.1, 0.15) is 59.8 Å². The first kappa shape index (κ1) is 18.2. The summed E-state index contributed by atoms with van der Waals surface area (Å²) in [6.07, 6.45) is 7.96. The lowest BCUT2D eigenvalue weighted by Crippen LogP contribution is -2.45. The van der Waals surface area contributed by atoms with Crippen molar-refractivity contribution in [3.63, 3.8) is 0 Å². The van der Waals surface area contributed by atoms with Gasteiger partial charge in [-0.3, -0.25) is 4.99 Å². The van der Waals surface area contributed by atoms with Crippen LogP contribution in [-0.2, 0) is 4.74 Å². The first-order valence-corrected chi connectivity index (χ1v) is 8.40. The molecule has 0 aliphatic carbocycles. The van der Waals surface area contributed by atoms with Crippen LogP contribution in [0.25, 0.3) is 0 Å². The average Bonchev–Trinajstić information content (AvgIpc) is 2.86. The van der Waals surface area contributed by atoms with E-state index < -0.39 is 0 Å². The second kappa shape index (κ2) is 8.57. The van der Waals surface area contributed by atoms with Crippen LogP contribution in [0.15, 0.2) is 17.6 Å². The minimum atomic E-state index is 0.0593. The van der Waals surface area contributed by atoms with Crippen molar-refractivity contribution < 1.29 is 4.74 Å². The molecule has 0 N–H and O–H groups in total. The molecular formula is C18H34N2O. The zero-order valence-corrected chi connectivity index (χ0v) is 14.7. The standard InChI is InChI=1S/C18H34N2O/c1-7-9-11-15(8-2)19-17(18(3,4)5)20-13-10-12-16(20)14-21-6/h8,15-16H,2,7,9-14H2,1,3-6H3/t15?,16-/m0/s1. The largest absolute Gasteiger partial charge is 0.383 e. The van der Waals surface area contributed by atoms with Gasteiger partial charge in [-0.1, -0.05) is 46.6 Å². The maximum Gasteiger partial charge on any atom is 0.105 e. The van der Waals surface area contributed by atoms with E-state index in [9.17, 15) is 0 Å². The van der Waals surface area contributed by atoms with Crippen molar-refractivity contribution >= 4 is 5.84 Å². The fourth-order valence-electron chi connectivity index (χ4n) is 2.98.